The van der Waals surface area contributed by atoms with Crippen LogP contribution in [0.1, 0.15) is 12.7 Å². The summed E-state index contributed by atoms with van der Waals surface area (Å²) in [6, 6.07) is 59.6. The number of imidazole rings is 1. The minimum absolute atomic E-state index is 0. The Balaban J connectivity index is 0.000000286. The van der Waals surface area contributed by atoms with Crippen molar-refractivity contribution in [2.45, 2.75) is 13.3 Å². The van der Waals surface area contributed by atoms with Crippen LogP contribution in [-0.2, 0) is 6.42 Å². The summed E-state index contributed by atoms with van der Waals surface area (Å²) in [6.45, 7) is 2.17. The summed E-state index contributed by atoms with van der Waals surface area (Å²) in [5.41, 5.74) is 9.03. The first-order valence-electron chi connectivity index (χ1n) is 17.7. The molecule has 0 unspecified atom stereocenters. The molecule has 10 rings (SSSR count). The SMILES string of the molecule is CCc1nc2ccccc2n1-c1ccc(-c2c3ccccc3c(-c3ccc4ccccc4c3)c3ccccc23)cc1.[Li+].[O-]c1cccc2ccc[nH+]c12. The van der Waals surface area contributed by atoms with Gasteiger partial charge in [0.15, 0.2) is 6.20 Å². The first-order valence-corrected chi connectivity index (χ1v) is 17.7. The van der Waals surface area contributed by atoms with Crippen molar-refractivity contribution in [2.75, 3.05) is 0 Å². The van der Waals surface area contributed by atoms with Crippen LogP contribution in [-0.4, -0.2) is 9.55 Å². The Morgan fingerprint density at radius 3 is 1.79 bits per heavy atom. The van der Waals surface area contributed by atoms with Crippen molar-refractivity contribution >= 4 is 54.3 Å². The van der Waals surface area contributed by atoms with E-state index in [9.17, 15) is 5.11 Å². The molecule has 0 bridgehead atoms. The molecular formula is C48H35LiN3O+. The maximum atomic E-state index is 11.1. The van der Waals surface area contributed by atoms with Gasteiger partial charge in [-0.15, -0.1) is 0 Å². The van der Waals surface area contributed by atoms with Gasteiger partial charge in [-0.1, -0.05) is 128 Å². The number of aryl methyl sites for hydroxylation is 1. The minimum Gasteiger partial charge on any atom is -0.868 e. The van der Waals surface area contributed by atoms with Gasteiger partial charge in [0.05, 0.1) is 11.0 Å². The molecule has 0 radical (unpaired) electrons. The number of pyridine rings is 1. The average Bonchev–Trinajstić information content (AvgIpc) is 3.59. The molecular weight excluding hydrogens is 641 g/mol. The third-order valence-corrected chi connectivity index (χ3v) is 9.99. The number of nitrogens with one attached hydrogen (secondary N) is 1. The summed E-state index contributed by atoms with van der Waals surface area (Å²) in [6.07, 6.45) is 2.63. The van der Waals surface area contributed by atoms with Gasteiger partial charge >= 0.3 is 18.9 Å². The molecule has 0 aliphatic carbocycles. The third-order valence-electron chi connectivity index (χ3n) is 9.99. The first kappa shape index (κ1) is 33.9. The third kappa shape index (κ3) is 6.13. The number of H-pyrrole nitrogens is 1. The Morgan fingerprint density at radius 1 is 0.547 bits per heavy atom. The maximum Gasteiger partial charge on any atom is 1.00 e. The molecule has 0 saturated carbocycles. The van der Waals surface area contributed by atoms with E-state index in [0.717, 1.165) is 34.4 Å². The Kier molecular flexibility index (Phi) is 9.25. The number of aromatic amines is 1. The molecule has 10 aromatic rings. The van der Waals surface area contributed by atoms with Gasteiger partial charge in [0, 0.05) is 23.6 Å². The van der Waals surface area contributed by atoms with Crippen molar-refractivity contribution in [3.05, 3.63) is 182 Å². The second kappa shape index (κ2) is 14.4. The molecule has 2 aromatic heterocycles. The van der Waals surface area contributed by atoms with E-state index in [0.29, 0.717) is 5.52 Å². The van der Waals surface area contributed by atoms with Gasteiger partial charge in [-0.2, -0.15) is 0 Å². The van der Waals surface area contributed by atoms with E-state index in [2.05, 4.69) is 156 Å². The number of rotatable bonds is 4. The average molecular weight is 677 g/mol. The van der Waals surface area contributed by atoms with Gasteiger partial charge in [0.25, 0.3) is 0 Å². The van der Waals surface area contributed by atoms with E-state index < -0.39 is 0 Å². The van der Waals surface area contributed by atoms with Crippen LogP contribution in [0, 0.1) is 0 Å². The van der Waals surface area contributed by atoms with Gasteiger partial charge in [-0.3, -0.25) is 4.57 Å². The molecule has 4 nitrogen and oxygen atoms in total. The van der Waals surface area contributed by atoms with Crippen LogP contribution in [0.3, 0.4) is 0 Å². The van der Waals surface area contributed by atoms with Crippen LogP contribution in [0.5, 0.6) is 5.75 Å². The van der Waals surface area contributed by atoms with Crippen LogP contribution < -0.4 is 29.0 Å². The van der Waals surface area contributed by atoms with E-state index in [4.69, 9.17) is 4.98 Å². The molecule has 0 saturated heterocycles. The summed E-state index contributed by atoms with van der Waals surface area (Å²) in [7, 11) is 0. The fraction of sp³-hybridized carbons (Fsp3) is 0.0417. The fourth-order valence-electron chi connectivity index (χ4n) is 7.60. The molecule has 0 spiro atoms. The van der Waals surface area contributed by atoms with E-state index >= 15 is 0 Å². The molecule has 0 atom stereocenters. The Labute approximate surface area is 320 Å². The summed E-state index contributed by atoms with van der Waals surface area (Å²) in [5.74, 6) is 1.12. The number of hydrogen-bond acceptors (Lipinski definition) is 2. The normalized spacial score (nSPS) is 11.1. The van der Waals surface area contributed by atoms with Crippen LogP contribution >= 0.6 is 0 Å². The largest absolute Gasteiger partial charge is 1.00 e. The van der Waals surface area contributed by atoms with E-state index in [1.807, 2.05) is 18.2 Å². The molecule has 0 amide bonds. The number of aromatic nitrogens is 3. The van der Waals surface area contributed by atoms with Gasteiger partial charge in [-0.05, 0) is 103 Å². The minimum atomic E-state index is 0. The number of nitrogens with zero attached hydrogens (tertiary/aromatic N) is 2. The van der Waals surface area contributed by atoms with Gasteiger partial charge in [-0.25, -0.2) is 9.97 Å². The summed E-state index contributed by atoms with van der Waals surface area (Å²) < 4.78 is 2.29. The topological polar surface area (TPSA) is 55.0 Å². The molecule has 0 fully saturated rings. The van der Waals surface area contributed by atoms with Crippen molar-refractivity contribution in [3.8, 4) is 33.7 Å². The quantitative estimate of drug-likeness (QED) is 0.140. The molecule has 2 heterocycles. The van der Waals surface area contributed by atoms with Gasteiger partial charge in [0.2, 0.25) is 5.52 Å². The molecule has 0 aliphatic heterocycles. The second-order valence-corrected chi connectivity index (χ2v) is 13.0. The van der Waals surface area contributed by atoms with Crippen molar-refractivity contribution in [1.82, 2.24) is 9.55 Å². The van der Waals surface area contributed by atoms with Crippen LogP contribution in [0.2, 0.25) is 0 Å². The summed E-state index contributed by atoms with van der Waals surface area (Å²) >= 11 is 0. The number of benzene rings is 8. The zero-order chi connectivity index (χ0) is 35.0. The molecule has 0 aliphatic rings. The molecule has 53 heavy (non-hydrogen) atoms. The van der Waals surface area contributed by atoms with Gasteiger partial charge < -0.3 is 5.11 Å². The number of hydrogen-bond donors (Lipinski definition) is 0. The van der Waals surface area contributed by atoms with Crippen LogP contribution in [0.25, 0.3) is 82.2 Å². The summed E-state index contributed by atoms with van der Waals surface area (Å²) in [4.78, 5) is 7.80. The van der Waals surface area contributed by atoms with E-state index in [1.54, 1.807) is 18.3 Å². The predicted octanol–water partition coefficient (Wildman–Crippen LogP) is 8.11. The molecule has 1 N–H and O–H groups in total. The fourth-order valence-corrected chi connectivity index (χ4v) is 7.60. The van der Waals surface area contributed by atoms with Crippen LogP contribution in [0.15, 0.2) is 176 Å². The second-order valence-electron chi connectivity index (χ2n) is 13.0. The van der Waals surface area contributed by atoms with Crippen molar-refractivity contribution < 1.29 is 29.0 Å². The Hall–Kier alpha value is -6.18. The first-order chi connectivity index (χ1) is 25.7. The summed E-state index contributed by atoms with van der Waals surface area (Å²) in [5, 5.41) is 19.7. The Morgan fingerprint density at radius 2 is 1.11 bits per heavy atom. The standard InChI is InChI=1S/C39H28N2.C9H7NO.Li/c1-2-37-40-35-17-9-10-18-36(35)41(37)30-23-21-27(22-24-30)38-31-13-5-7-15-33(31)39(34-16-8-6-14-32(34)38)29-20-19-26-11-3-4-12-28(26)25-29;11-8-5-1-3-7-4-2-6-10-9(7)8;/h3-25H,2H2,1H3;1-6,11H;/q;;+1. The number of para-hydroxylation sites is 3. The zero-order valence-electron chi connectivity index (χ0n) is 29.8. The smallest absolute Gasteiger partial charge is 0.868 e. The van der Waals surface area contributed by atoms with Gasteiger partial charge in [0.1, 0.15) is 5.82 Å². The predicted molar refractivity (Wildman–Crippen MR) is 214 cm³/mol. The number of fused-ring (bicyclic) bond motifs is 5. The molecule has 8 aromatic carbocycles. The van der Waals surface area contributed by atoms with Crippen molar-refractivity contribution in [3.63, 3.8) is 0 Å². The molecule has 248 valence electrons. The maximum absolute atomic E-state index is 11.1. The molecule has 5 heteroatoms. The van der Waals surface area contributed by atoms with Crippen molar-refractivity contribution in [2.24, 2.45) is 0 Å². The Bertz CT molecular complexity index is 2850. The monoisotopic (exact) mass is 676 g/mol. The van der Waals surface area contributed by atoms with E-state index in [-0.39, 0.29) is 24.6 Å². The van der Waals surface area contributed by atoms with E-state index in [1.165, 1.54) is 54.6 Å². The zero-order valence-corrected chi connectivity index (χ0v) is 29.8. The van der Waals surface area contributed by atoms with Crippen molar-refractivity contribution in [1.29, 1.82) is 0 Å². The van der Waals surface area contributed by atoms with Crippen LogP contribution in [0.4, 0.5) is 0 Å².